The van der Waals surface area contributed by atoms with Crippen molar-refractivity contribution in [1.29, 1.82) is 5.26 Å². The number of esters is 1. The third kappa shape index (κ3) is 2.96. The highest BCUT2D eigenvalue weighted by atomic mass is 16.6. The molecule has 2 heterocycles. The molecule has 0 saturated carbocycles. The minimum absolute atomic E-state index is 0.0237. The third-order valence-electron chi connectivity index (χ3n) is 3.72. The quantitative estimate of drug-likeness (QED) is 0.516. The van der Waals surface area contributed by atoms with Gasteiger partial charge in [0, 0.05) is 6.61 Å². The number of phenolic OH excluding ortho intramolecular Hbond substituents is 1. The van der Waals surface area contributed by atoms with E-state index in [9.17, 15) is 9.90 Å². The number of carbonyl (C=O) groups is 1. The smallest absolute Gasteiger partial charge is 0.349 e. The van der Waals surface area contributed by atoms with E-state index in [1.54, 1.807) is 12.1 Å². The van der Waals surface area contributed by atoms with Crippen molar-refractivity contribution in [1.82, 2.24) is 0 Å². The van der Waals surface area contributed by atoms with Crippen molar-refractivity contribution in [3.05, 3.63) is 35.4 Å². The van der Waals surface area contributed by atoms with Crippen molar-refractivity contribution >= 4 is 12.0 Å². The maximum absolute atomic E-state index is 12.1. The average molecular weight is 301 g/mol. The molecule has 1 aromatic carbocycles. The van der Waals surface area contributed by atoms with Crippen LogP contribution in [0.5, 0.6) is 5.75 Å². The molecule has 1 unspecified atom stereocenters. The van der Waals surface area contributed by atoms with Crippen LogP contribution in [0, 0.1) is 11.3 Å². The Morgan fingerprint density at radius 1 is 1.36 bits per heavy atom. The SMILES string of the molecule is N#C/C(=C\c1ccc(O)cc1)C(=O)OC1CO[C@@H]2CCO[C@H]12. The number of nitriles is 1. The minimum Gasteiger partial charge on any atom is -0.508 e. The predicted molar refractivity (Wildman–Crippen MR) is 75.7 cm³/mol. The van der Waals surface area contributed by atoms with E-state index in [0.717, 1.165) is 6.42 Å². The van der Waals surface area contributed by atoms with Crippen LogP contribution < -0.4 is 0 Å². The molecule has 6 heteroatoms. The number of phenols is 1. The standard InChI is InChI=1S/C16H15NO5/c17-8-11(7-10-1-3-12(18)4-2-10)16(19)22-14-9-21-13-5-6-20-15(13)14/h1-4,7,13-15,18H,5-6,9H2/b11-7+/t13-,14?,15+/m1/s1. The van der Waals surface area contributed by atoms with Gasteiger partial charge < -0.3 is 19.3 Å². The molecule has 0 radical (unpaired) electrons. The summed E-state index contributed by atoms with van der Waals surface area (Å²) in [4.78, 5) is 12.1. The number of hydrogen-bond acceptors (Lipinski definition) is 6. The molecular weight excluding hydrogens is 286 g/mol. The van der Waals surface area contributed by atoms with Crippen molar-refractivity contribution in [2.24, 2.45) is 0 Å². The molecule has 6 nitrogen and oxygen atoms in total. The van der Waals surface area contributed by atoms with E-state index in [1.807, 2.05) is 6.07 Å². The lowest BCUT2D eigenvalue weighted by Gasteiger charge is -2.16. The number of fused-ring (bicyclic) bond motifs is 1. The van der Waals surface area contributed by atoms with E-state index >= 15 is 0 Å². The van der Waals surface area contributed by atoms with Gasteiger partial charge in [-0.05, 0) is 30.2 Å². The number of rotatable bonds is 3. The third-order valence-corrected chi connectivity index (χ3v) is 3.72. The fourth-order valence-corrected chi connectivity index (χ4v) is 2.61. The molecule has 3 atom stereocenters. The van der Waals surface area contributed by atoms with Gasteiger partial charge in [-0.3, -0.25) is 0 Å². The van der Waals surface area contributed by atoms with Gasteiger partial charge in [-0.15, -0.1) is 0 Å². The number of benzene rings is 1. The maximum Gasteiger partial charge on any atom is 0.349 e. The van der Waals surface area contributed by atoms with Crippen molar-refractivity contribution in [3.8, 4) is 11.8 Å². The first-order valence-electron chi connectivity index (χ1n) is 7.02. The Kier molecular flexibility index (Phi) is 4.09. The molecule has 0 amide bonds. The molecule has 1 N–H and O–H groups in total. The summed E-state index contributed by atoms with van der Waals surface area (Å²) in [6, 6.07) is 8.01. The number of aromatic hydroxyl groups is 1. The number of carbonyl (C=O) groups excluding carboxylic acids is 1. The Labute approximate surface area is 127 Å². The van der Waals surface area contributed by atoms with Gasteiger partial charge >= 0.3 is 5.97 Å². The average Bonchev–Trinajstić information content (AvgIpc) is 3.11. The Balaban J connectivity index is 1.69. The molecule has 114 valence electrons. The van der Waals surface area contributed by atoms with Gasteiger partial charge in [0.25, 0.3) is 0 Å². The van der Waals surface area contributed by atoms with Gasteiger partial charge in [0.05, 0.1) is 12.7 Å². The molecule has 0 bridgehead atoms. The van der Waals surface area contributed by atoms with Crippen LogP contribution in [0.3, 0.4) is 0 Å². The highest BCUT2D eigenvalue weighted by Gasteiger charge is 2.44. The second-order valence-corrected chi connectivity index (χ2v) is 5.20. The van der Waals surface area contributed by atoms with Gasteiger partial charge in [-0.25, -0.2) is 4.79 Å². The first-order chi connectivity index (χ1) is 10.7. The fraction of sp³-hybridized carbons (Fsp3) is 0.375. The van der Waals surface area contributed by atoms with Crippen LogP contribution in [-0.4, -0.2) is 42.6 Å². The Morgan fingerprint density at radius 3 is 2.86 bits per heavy atom. The summed E-state index contributed by atoms with van der Waals surface area (Å²) >= 11 is 0. The first-order valence-corrected chi connectivity index (χ1v) is 7.02. The van der Waals surface area contributed by atoms with Gasteiger partial charge in [-0.2, -0.15) is 5.26 Å². The first kappa shape index (κ1) is 14.6. The van der Waals surface area contributed by atoms with Crippen molar-refractivity contribution in [2.75, 3.05) is 13.2 Å². The summed E-state index contributed by atoms with van der Waals surface area (Å²) in [5.74, 6) is -0.578. The molecule has 0 aliphatic carbocycles. The summed E-state index contributed by atoms with van der Waals surface area (Å²) in [5, 5.41) is 18.4. The Morgan fingerprint density at radius 2 is 2.14 bits per heavy atom. The molecule has 2 aliphatic heterocycles. The molecule has 22 heavy (non-hydrogen) atoms. The molecule has 1 aromatic rings. The molecular formula is C16H15NO5. The number of ether oxygens (including phenoxy) is 3. The van der Waals surface area contributed by atoms with Crippen LogP contribution in [0.1, 0.15) is 12.0 Å². The summed E-state index contributed by atoms with van der Waals surface area (Å²) in [6.45, 7) is 0.886. The lowest BCUT2D eigenvalue weighted by atomic mass is 10.1. The van der Waals surface area contributed by atoms with E-state index in [0.29, 0.717) is 18.8 Å². The van der Waals surface area contributed by atoms with Crippen LogP contribution >= 0.6 is 0 Å². The summed E-state index contributed by atoms with van der Waals surface area (Å²) in [7, 11) is 0. The number of nitrogens with zero attached hydrogens (tertiary/aromatic N) is 1. The zero-order valence-corrected chi connectivity index (χ0v) is 11.8. The lowest BCUT2D eigenvalue weighted by Crippen LogP contribution is -2.32. The van der Waals surface area contributed by atoms with E-state index in [1.165, 1.54) is 18.2 Å². The minimum atomic E-state index is -0.694. The zero-order valence-electron chi connectivity index (χ0n) is 11.8. The van der Waals surface area contributed by atoms with Crippen molar-refractivity contribution < 1.29 is 24.1 Å². The van der Waals surface area contributed by atoms with E-state index in [4.69, 9.17) is 19.5 Å². The molecule has 2 saturated heterocycles. The van der Waals surface area contributed by atoms with Crippen LogP contribution in [0.2, 0.25) is 0 Å². The van der Waals surface area contributed by atoms with Crippen LogP contribution in [0.25, 0.3) is 6.08 Å². The summed E-state index contributed by atoms with van der Waals surface area (Å²) in [5.41, 5.74) is 0.524. The van der Waals surface area contributed by atoms with Crippen LogP contribution in [-0.2, 0) is 19.0 Å². The van der Waals surface area contributed by atoms with Gasteiger partial charge in [0.1, 0.15) is 23.5 Å². The molecule has 2 aliphatic rings. The molecule has 2 fully saturated rings. The zero-order chi connectivity index (χ0) is 15.5. The maximum atomic E-state index is 12.1. The van der Waals surface area contributed by atoms with Crippen molar-refractivity contribution in [2.45, 2.75) is 24.7 Å². The molecule has 3 rings (SSSR count). The van der Waals surface area contributed by atoms with Gasteiger partial charge in [-0.1, -0.05) is 12.1 Å². The largest absolute Gasteiger partial charge is 0.508 e. The highest BCUT2D eigenvalue weighted by molar-refractivity contribution is 5.98. The Bertz CT molecular complexity index is 631. The second kappa shape index (κ2) is 6.18. The van der Waals surface area contributed by atoms with E-state index < -0.39 is 12.1 Å². The Hall–Kier alpha value is -2.36. The monoisotopic (exact) mass is 301 g/mol. The lowest BCUT2D eigenvalue weighted by molar-refractivity contribution is -0.148. The molecule has 0 aromatic heterocycles. The number of hydrogen-bond donors (Lipinski definition) is 1. The predicted octanol–water partition coefficient (Wildman–Crippen LogP) is 1.40. The highest BCUT2D eigenvalue weighted by Crippen LogP contribution is 2.28. The fourth-order valence-electron chi connectivity index (χ4n) is 2.61. The van der Waals surface area contributed by atoms with Crippen molar-refractivity contribution in [3.63, 3.8) is 0 Å². The normalized spacial score (nSPS) is 27.2. The van der Waals surface area contributed by atoms with Gasteiger partial charge in [0.2, 0.25) is 0 Å². The van der Waals surface area contributed by atoms with Crippen LogP contribution in [0.15, 0.2) is 29.8 Å². The van der Waals surface area contributed by atoms with E-state index in [2.05, 4.69) is 0 Å². The topological polar surface area (TPSA) is 88.8 Å². The van der Waals surface area contributed by atoms with Crippen LogP contribution in [0.4, 0.5) is 0 Å². The van der Waals surface area contributed by atoms with E-state index in [-0.39, 0.29) is 23.5 Å². The summed E-state index contributed by atoms with van der Waals surface area (Å²) < 4.78 is 16.4. The summed E-state index contributed by atoms with van der Waals surface area (Å²) in [6.07, 6.45) is 1.48. The second-order valence-electron chi connectivity index (χ2n) is 5.20. The van der Waals surface area contributed by atoms with Gasteiger partial charge in [0.15, 0.2) is 6.10 Å². The molecule has 0 spiro atoms.